The summed E-state index contributed by atoms with van der Waals surface area (Å²) in [6.07, 6.45) is 0. The lowest BCUT2D eigenvalue weighted by Gasteiger charge is -2.26. The van der Waals surface area contributed by atoms with Crippen LogP contribution in [0.2, 0.25) is 15.1 Å². The number of benzene rings is 1. The van der Waals surface area contributed by atoms with E-state index in [9.17, 15) is 0 Å². The molecule has 0 radical (unpaired) electrons. The van der Waals surface area contributed by atoms with E-state index < -0.39 is 0 Å². The molecule has 19 heavy (non-hydrogen) atoms. The maximum absolute atomic E-state index is 6.07. The predicted molar refractivity (Wildman–Crippen MR) is 83.9 cm³/mol. The lowest BCUT2D eigenvalue weighted by molar-refractivity contribution is 0.173. The van der Waals surface area contributed by atoms with Crippen molar-refractivity contribution in [3.8, 4) is 5.75 Å². The normalized spacial score (nSPS) is 12.0. The monoisotopic (exact) mass is 323 g/mol. The van der Waals surface area contributed by atoms with Gasteiger partial charge in [-0.2, -0.15) is 0 Å². The molecule has 1 N–H and O–H groups in total. The first-order valence-corrected chi connectivity index (χ1v) is 7.35. The summed E-state index contributed by atoms with van der Waals surface area (Å²) in [5, 5.41) is 4.75. The quantitative estimate of drug-likeness (QED) is 0.739. The van der Waals surface area contributed by atoms with Crippen LogP contribution in [0.25, 0.3) is 0 Å². The number of hydrogen-bond acceptors (Lipinski definition) is 2. The summed E-state index contributed by atoms with van der Waals surface area (Å²) in [5.41, 5.74) is -0.000287. The van der Waals surface area contributed by atoms with Crippen molar-refractivity contribution in [1.29, 1.82) is 0 Å². The van der Waals surface area contributed by atoms with E-state index in [4.69, 9.17) is 39.5 Å². The maximum Gasteiger partial charge on any atom is 0.139 e. The second-order valence-electron chi connectivity index (χ2n) is 5.69. The summed E-state index contributed by atoms with van der Waals surface area (Å²) in [6.45, 7) is 9.91. The third-order valence-electron chi connectivity index (χ3n) is 2.58. The topological polar surface area (TPSA) is 21.3 Å². The average Bonchev–Trinajstić information content (AvgIpc) is 2.30. The number of halogens is 3. The molecule has 1 aromatic carbocycles. The zero-order chi connectivity index (χ0) is 14.6. The third kappa shape index (κ3) is 5.78. The molecule has 0 saturated carbocycles. The molecule has 0 fully saturated rings. The van der Waals surface area contributed by atoms with Gasteiger partial charge in [-0.15, -0.1) is 0 Å². The number of nitrogens with one attached hydrogen (secondary N) is 1. The van der Waals surface area contributed by atoms with Crippen molar-refractivity contribution >= 4 is 34.8 Å². The molecule has 0 aliphatic rings. The van der Waals surface area contributed by atoms with Crippen molar-refractivity contribution in [1.82, 2.24) is 5.32 Å². The van der Waals surface area contributed by atoms with Crippen LogP contribution in [-0.2, 0) is 0 Å². The Labute approximate surface area is 130 Å². The first-order chi connectivity index (χ1) is 8.71. The molecule has 0 amide bonds. The van der Waals surface area contributed by atoms with Gasteiger partial charge in [-0.1, -0.05) is 62.5 Å². The van der Waals surface area contributed by atoms with Gasteiger partial charge in [0.1, 0.15) is 5.75 Å². The minimum absolute atomic E-state index is 0.000287. The molecule has 0 saturated heterocycles. The summed E-state index contributed by atoms with van der Waals surface area (Å²) < 4.78 is 5.75. The van der Waals surface area contributed by atoms with E-state index in [1.807, 2.05) is 0 Å². The fourth-order valence-corrected chi connectivity index (χ4v) is 2.01. The van der Waals surface area contributed by atoms with Crippen LogP contribution in [0.1, 0.15) is 27.7 Å². The van der Waals surface area contributed by atoms with E-state index in [2.05, 4.69) is 33.0 Å². The molecule has 5 heteroatoms. The maximum atomic E-state index is 6.07. The van der Waals surface area contributed by atoms with Gasteiger partial charge in [-0.25, -0.2) is 0 Å². The number of hydrogen-bond donors (Lipinski definition) is 1. The Morgan fingerprint density at radius 3 is 2.26 bits per heavy atom. The number of rotatable bonds is 6. The van der Waals surface area contributed by atoms with E-state index in [0.717, 1.165) is 6.54 Å². The molecule has 0 atom stereocenters. The van der Waals surface area contributed by atoms with Gasteiger partial charge in [0.25, 0.3) is 0 Å². The van der Waals surface area contributed by atoms with E-state index in [0.29, 0.717) is 33.5 Å². The van der Waals surface area contributed by atoms with Gasteiger partial charge in [0.15, 0.2) is 0 Å². The molecule has 1 aromatic rings. The average molecular weight is 325 g/mol. The summed E-state index contributed by atoms with van der Waals surface area (Å²) in [4.78, 5) is 0. The first-order valence-electron chi connectivity index (χ1n) is 6.22. The molecule has 0 aliphatic heterocycles. The fraction of sp³-hybridized carbons (Fsp3) is 0.571. The van der Waals surface area contributed by atoms with Crippen LogP contribution in [0.3, 0.4) is 0 Å². The fourth-order valence-electron chi connectivity index (χ4n) is 1.42. The molecule has 0 aromatic heterocycles. The van der Waals surface area contributed by atoms with Crippen molar-refractivity contribution in [3.63, 3.8) is 0 Å². The Morgan fingerprint density at radius 2 is 1.68 bits per heavy atom. The van der Waals surface area contributed by atoms with Gasteiger partial charge in [-0.3, -0.25) is 0 Å². The van der Waals surface area contributed by atoms with Gasteiger partial charge in [0.2, 0.25) is 0 Å². The minimum atomic E-state index is -0.000287. The zero-order valence-electron chi connectivity index (χ0n) is 11.7. The van der Waals surface area contributed by atoms with E-state index in [-0.39, 0.29) is 5.41 Å². The van der Waals surface area contributed by atoms with Crippen LogP contribution >= 0.6 is 34.8 Å². The molecule has 0 unspecified atom stereocenters. The zero-order valence-corrected chi connectivity index (χ0v) is 14.0. The van der Waals surface area contributed by atoms with Crippen LogP contribution < -0.4 is 10.1 Å². The molecule has 1 rings (SSSR count). The molecule has 0 heterocycles. The summed E-state index contributed by atoms with van der Waals surface area (Å²) in [7, 11) is 0. The summed E-state index contributed by atoms with van der Waals surface area (Å²) in [6, 6.07) is 3.70. The minimum Gasteiger partial charge on any atom is -0.491 e. The van der Waals surface area contributed by atoms with E-state index >= 15 is 0 Å². The lowest BCUT2D eigenvalue weighted by atomic mass is 9.94. The highest BCUT2D eigenvalue weighted by Crippen LogP contribution is 2.34. The molecule has 108 valence electrons. The molecular weight excluding hydrogens is 305 g/mol. The van der Waals surface area contributed by atoms with Gasteiger partial charge in [-0.05, 0) is 6.07 Å². The Kier molecular flexibility index (Phi) is 6.25. The third-order valence-corrected chi connectivity index (χ3v) is 3.60. The lowest BCUT2D eigenvalue weighted by Crippen LogP contribution is -2.37. The second-order valence-corrected chi connectivity index (χ2v) is 6.91. The van der Waals surface area contributed by atoms with Crippen molar-refractivity contribution in [3.05, 3.63) is 27.2 Å². The number of ether oxygens (including phenoxy) is 1. The molecule has 0 aliphatic carbocycles. The standard InChI is InChI=1S/C14H20Cl3NO/c1-9(2)18-7-14(3,4)8-19-13-6-11(16)10(15)5-12(13)17/h5-6,9,18H,7-8H2,1-4H3. The molecule has 2 nitrogen and oxygen atoms in total. The molecular formula is C14H20Cl3NO. The van der Waals surface area contributed by atoms with Gasteiger partial charge >= 0.3 is 0 Å². The van der Waals surface area contributed by atoms with Crippen LogP contribution in [0.4, 0.5) is 0 Å². The van der Waals surface area contributed by atoms with Gasteiger partial charge in [0, 0.05) is 24.1 Å². The Morgan fingerprint density at radius 1 is 1.11 bits per heavy atom. The van der Waals surface area contributed by atoms with Crippen molar-refractivity contribution < 1.29 is 4.74 Å². The van der Waals surface area contributed by atoms with Crippen LogP contribution in [0.5, 0.6) is 5.75 Å². The van der Waals surface area contributed by atoms with Crippen LogP contribution in [-0.4, -0.2) is 19.2 Å². The SMILES string of the molecule is CC(C)NCC(C)(C)COc1cc(Cl)c(Cl)cc1Cl. The Balaban J connectivity index is 2.63. The Hall–Kier alpha value is -0.150. The van der Waals surface area contributed by atoms with Crippen molar-refractivity contribution in [2.24, 2.45) is 5.41 Å². The largest absolute Gasteiger partial charge is 0.491 e. The van der Waals surface area contributed by atoms with E-state index in [1.54, 1.807) is 12.1 Å². The highest BCUT2D eigenvalue weighted by atomic mass is 35.5. The van der Waals surface area contributed by atoms with Crippen molar-refractivity contribution in [2.45, 2.75) is 33.7 Å². The Bertz CT molecular complexity index is 433. The van der Waals surface area contributed by atoms with Crippen LogP contribution in [0, 0.1) is 5.41 Å². The summed E-state index contributed by atoms with van der Waals surface area (Å²) in [5.74, 6) is 0.564. The van der Waals surface area contributed by atoms with Crippen molar-refractivity contribution in [2.75, 3.05) is 13.2 Å². The second kappa shape index (κ2) is 7.03. The first kappa shape index (κ1) is 16.9. The molecule has 0 bridgehead atoms. The highest BCUT2D eigenvalue weighted by molar-refractivity contribution is 6.43. The van der Waals surface area contributed by atoms with E-state index in [1.165, 1.54) is 0 Å². The highest BCUT2D eigenvalue weighted by Gasteiger charge is 2.20. The van der Waals surface area contributed by atoms with Gasteiger partial charge in [0.05, 0.1) is 21.7 Å². The summed E-state index contributed by atoms with van der Waals surface area (Å²) >= 11 is 17.9. The van der Waals surface area contributed by atoms with Gasteiger partial charge < -0.3 is 10.1 Å². The molecule has 0 spiro atoms. The smallest absolute Gasteiger partial charge is 0.139 e. The predicted octanol–water partition coefficient (Wildman–Crippen LogP) is 5.05. The van der Waals surface area contributed by atoms with Crippen LogP contribution in [0.15, 0.2) is 12.1 Å².